The number of hydrogen-bond acceptors (Lipinski definition) is 2. The third kappa shape index (κ3) is 4.08. The Bertz CT molecular complexity index is 384. The molecule has 17 heavy (non-hydrogen) atoms. The Morgan fingerprint density at radius 1 is 1.29 bits per heavy atom. The summed E-state index contributed by atoms with van der Waals surface area (Å²) in [5.41, 5.74) is 1.61. The molecule has 0 amide bonds. The lowest BCUT2D eigenvalue weighted by Crippen LogP contribution is -2.36. The van der Waals surface area contributed by atoms with Gasteiger partial charge in [0.1, 0.15) is 0 Å². The van der Waals surface area contributed by atoms with E-state index in [-0.39, 0.29) is 5.54 Å². The second-order valence-electron chi connectivity index (χ2n) is 5.07. The van der Waals surface area contributed by atoms with Crippen molar-refractivity contribution in [3.8, 4) is 0 Å². The fourth-order valence-electron chi connectivity index (χ4n) is 1.80. The molecule has 0 spiro atoms. The first kappa shape index (κ1) is 12.5. The Kier molecular flexibility index (Phi) is 4.11. The van der Waals surface area contributed by atoms with Crippen LogP contribution in [0.1, 0.15) is 25.8 Å². The average molecular weight is 248 g/mol. The van der Waals surface area contributed by atoms with Gasteiger partial charge in [-0.2, -0.15) is 0 Å². The third-order valence-corrected chi connectivity index (χ3v) is 4.11. The van der Waals surface area contributed by atoms with E-state index >= 15 is 0 Å². The van der Waals surface area contributed by atoms with E-state index in [1.165, 1.54) is 5.56 Å². The molecule has 0 saturated carbocycles. The number of amidine groups is 1. The summed E-state index contributed by atoms with van der Waals surface area (Å²) in [6, 6.07) is 10.6. The summed E-state index contributed by atoms with van der Waals surface area (Å²) >= 11 is 1.83. The van der Waals surface area contributed by atoms with Crippen LogP contribution in [0.25, 0.3) is 0 Å². The molecule has 0 unspecified atom stereocenters. The fourth-order valence-corrected chi connectivity index (χ4v) is 2.90. The molecular weight excluding hydrogens is 228 g/mol. The molecule has 2 nitrogen and oxygen atoms in total. The Labute approximate surface area is 108 Å². The molecule has 1 saturated heterocycles. The Morgan fingerprint density at radius 3 is 2.71 bits per heavy atom. The van der Waals surface area contributed by atoms with Crippen molar-refractivity contribution in [1.82, 2.24) is 5.32 Å². The highest BCUT2D eigenvalue weighted by atomic mass is 32.2. The first-order valence-corrected chi connectivity index (χ1v) is 7.14. The molecular formula is C14H20N2S. The van der Waals surface area contributed by atoms with Crippen LogP contribution in [0, 0.1) is 0 Å². The molecule has 1 aromatic carbocycles. The van der Waals surface area contributed by atoms with Crippen molar-refractivity contribution in [1.29, 1.82) is 0 Å². The standard InChI is InChI=1S/C14H20N2S/c1-14(2)11-17-13(16-14)15-10-6-9-12-7-4-3-5-8-12/h3-5,7-8H,6,9-11H2,1-2H3,(H,15,16). The summed E-state index contributed by atoms with van der Waals surface area (Å²) in [6.07, 6.45) is 2.24. The van der Waals surface area contributed by atoms with Gasteiger partial charge in [0, 0.05) is 17.8 Å². The van der Waals surface area contributed by atoms with E-state index in [4.69, 9.17) is 0 Å². The van der Waals surface area contributed by atoms with Gasteiger partial charge in [0.05, 0.1) is 0 Å². The SMILES string of the molecule is CC1(C)CSC(=NCCCc2ccccc2)N1. The molecule has 0 aromatic heterocycles. The number of nitrogens with zero attached hydrogens (tertiary/aromatic N) is 1. The molecule has 0 bridgehead atoms. The lowest BCUT2D eigenvalue weighted by molar-refractivity contribution is 0.536. The minimum atomic E-state index is 0.211. The molecule has 0 atom stereocenters. The monoisotopic (exact) mass is 248 g/mol. The van der Waals surface area contributed by atoms with Crippen LogP contribution in [0.15, 0.2) is 35.3 Å². The zero-order valence-corrected chi connectivity index (χ0v) is 11.4. The van der Waals surface area contributed by atoms with Crippen molar-refractivity contribution in [2.75, 3.05) is 12.3 Å². The number of thioether (sulfide) groups is 1. The molecule has 0 radical (unpaired) electrons. The van der Waals surface area contributed by atoms with Crippen LogP contribution in [-0.4, -0.2) is 23.0 Å². The molecule has 3 heteroatoms. The number of aliphatic imine (C=N–C) groups is 1. The third-order valence-electron chi connectivity index (χ3n) is 2.74. The van der Waals surface area contributed by atoms with Crippen LogP contribution in [0.3, 0.4) is 0 Å². The largest absolute Gasteiger partial charge is 0.359 e. The molecule has 1 heterocycles. The summed E-state index contributed by atoms with van der Waals surface area (Å²) in [5, 5.41) is 4.56. The molecule has 1 N–H and O–H groups in total. The zero-order chi connectivity index (χ0) is 12.1. The Morgan fingerprint density at radius 2 is 2.06 bits per heavy atom. The van der Waals surface area contributed by atoms with Crippen LogP contribution < -0.4 is 5.32 Å². The van der Waals surface area contributed by atoms with E-state index in [9.17, 15) is 0 Å². The van der Waals surface area contributed by atoms with Crippen LogP contribution in [0.5, 0.6) is 0 Å². The quantitative estimate of drug-likeness (QED) is 0.828. The van der Waals surface area contributed by atoms with E-state index < -0.39 is 0 Å². The van der Waals surface area contributed by atoms with Crippen molar-refractivity contribution in [2.45, 2.75) is 32.2 Å². The molecule has 2 rings (SSSR count). The minimum absolute atomic E-state index is 0.211. The maximum absolute atomic E-state index is 4.60. The zero-order valence-electron chi connectivity index (χ0n) is 10.6. The van der Waals surface area contributed by atoms with Crippen molar-refractivity contribution in [3.05, 3.63) is 35.9 Å². The van der Waals surface area contributed by atoms with Gasteiger partial charge in [0.2, 0.25) is 0 Å². The Balaban J connectivity index is 1.72. The molecule has 1 aromatic rings. The second kappa shape index (κ2) is 5.58. The summed E-state index contributed by atoms with van der Waals surface area (Å²) in [6.45, 7) is 5.35. The van der Waals surface area contributed by atoms with E-state index in [1.54, 1.807) is 0 Å². The predicted octanol–water partition coefficient (Wildman–Crippen LogP) is 3.09. The van der Waals surface area contributed by atoms with Crippen molar-refractivity contribution < 1.29 is 0 Å². The van der Waals surface area contributed by atoms with Crippen LogP contribution >= 0.6 is 11.8 Å². The topological polar surface area (TPSA) is 24.4 Å². The van der Waals surface area contributed by atoms with Gasteiger partial charge in [-0.25, -0.2) is 0 Å². The van der Waals surface area contributed by atoms with Crippen LogP contribution in [-0.2, 0) is 6.42 Å². The van der Waals surface area contributed by atoms with Gasteiger partial charge < -0.3 is 5.32 Å². The average Bonchev–Trinajstić information content (AvgIpc) is 2.66. The van der Waals surface area contributed by atoms with Gasteiger partial charge in [0.15, 0.2) is 5.17 Å². The molecule has 1 aliphatic rings. The van der Waals surface area contributed by atoms with E-state index in [2.05, 4.69) is 54.5 Å². The summed E-state index contributed by atoms with van der Waals surface area (Å²) in [5.74, 6) is 1.12. The van der Waals surface area contributed by atoms with Crippen LogP contribution in [0.2, 0.25) is 0 Å². The predicted molar refractivity (Wildman–Crippen MR) is 76.7 cm³/mol. The summed E-state index contributed by atoms with van der Waals surface area (Å²) < 4.78 is 0. The lowest BCUT2D eigenvalue weighted by Gasteiger charge is -2.15. The maximum atomic E-state index is 4.60. The van der Waals surface area contributed by atoms with E-state index in [1.807, 2.05) is 11.8 Å². The number of rotatable bonds is 4. The smallest absolute Gasteiger partial charge is 0.157 e. The van der Waals surface area contributed by atoms with Gasteiger partial charge in [0.25, 0.3) is 0 Å². The molecule has 92 valence electrons. The van der Waals surface area contributed by atoms with Crippen molar-refractivity contribution in [3.63, 3.8) is 0 Å². The highest BCUT2D eigenvalue weighted by Crippen LogP contribution is 2.21. The normalized spacial score (nSPS) is 20.5. The first-order valence-electron chi connectivity index (χ1n) is 6.15. The highest BCUT2D eigenvalue weighted by Gasteiger charge is 2.26. The van der Waals surface area contributed by atoms with Gasteiger partial charge in [-0.05, 0) is 32.3 Å². The van der Waals surface area contributed by atoms with E-state index in [0.29, 0.717) is 0 Å². The summed E-state index contributed by atoms with van der Waals surface area (Å²) in [7, 11) is 0. The molecule has 1 aliphatic heterocycles. The highest BCUT2D eigenvalue weighted by molar-refractivity contribution is 8.14. The number of hydrogen-bond donors (Lipinski definition) is 1. The maximum Gasteiger partial charge on any atom is 0.157 e. The fraction of sp³-hybridized carbons (Fsp3) is 0.500. The number of nitrogens with one attached hydrogen (secondary N) is 1. The van der Waals surface area contributed by atoms with Gasteiger partial charge >= 0.3 is 0 Å². The lowest BCUT2D eigenvalue weighted by atomic mass is 10.1. The molecule has 0 aliphatic carbocycles. The van der Waals surface area contributed by atoms with Gasteiger partial charge in [-0.3, -0.25) is 4.99 Å². The van der Waals surface area contributed by atoms with Crippen molar-refractivity contribution >= 4 is 16.9 Å². The van der Waals surface area contributed by atoms with Crippen LogP contribution in [0.4, 0.5) is 0 Å². The number of benzene rings is 1. The first-order chi connectivity index (χ1) is 8.16. The minimum Gasteiger partial charge on any atom is -0.359 e. The van der Waals surface area contributed by atoms with Crippen molar-refractivity contribution in [2.24, 2.45) is 4.99 Å². The second-order valence-corrected chi connectivity index (χ2v) is 6.04. The summed E-state index contributed by atoms with van der Waals surface area (Å²) in [4.78, 5) is 4.60. The van der Waals surface area contributed by atoms with Gasteiger partial charge in [-0.1, -0.05) is 42.1 Å². The molecule has 1 fully saturated rings. The van der Waals surface area contributed by atoms with E-state index in [0.717, 1.165) is 30.3 Å². The number of aryl methyl sites for hydroxylation is 1. The van der Waals surface area contributed by atoms with Gasteiger partial charge in [-0.15, -0.1) is 0 Å². The Hall–Kier alpha value is -0.960.